The van der Waals surface area contributed by atoms with Crippen molar-refractivity contribution in [3.8, 4) is 0 Å². The highest BCUT2D eigenvalue weighted by Gasteiger charge is 2.21. The van der Waals surface area contributed by atoms with Crippen LogP contribution in [0.2, 0.25) is 5.02 Å². The van der Waals surface area contributed by atoms with Gasteiger partial charge in [0.1, 0.15) is 0 Å². The summed E-state index contributed by atoms with van der Waals surface area (Å²) in [4.78, 5) is 0. The molecule has 0 bridgehead atoms. The van der Waals surface area contributed by atoms with Gasteiger partial charge in [0.15, 0.2) is 0 Å². The molecule has 1 aromatic rings. The summed E-state index contributed by atoms with van der Waals surface area (Å²) in [6.07, 6.45) is 6.44. The molecule has 0 spiro atoms. The smallest absolute Gasteiger partial charge is 0.0620 e. The zero-order chi connectivity index (χ0) is 13.1. The van der Waals surface area contributed by atoms with Crippen LogP contribution >= 0.6 is 11.6 Å². The number of nitrogens with two attached hydrogens (primary N) is 1. The Labute approximate surface area is 115 Å². The van der Waals surface area contributed by atoms with Gasteiger partial charge >= 0.3 is 0 Å². The van der Waals surface area contributed by atoms with Crippen LogP contribution in [0.3, 0.4) is 0 Å². The molecular weight excluding hydrogens is 244 g/mol. The molecule has 0 atom stereocenters. The third kappa shape index (κ3) is 2.92. The highest BCUT2D eigenvalue weighted by atomic mass is 35.5. The molecule has 2 nitrogen and oxygen atoms in total. The lowest BCUT2D eigenvalue weighted by atomic mass is 9.84. The van der Waals surface area contributed by atoms with E-state index in [1.807, 2.05) is 19.1 Å². The minimum atomic E-state index is 0.548. The second-order valence-corrected chi connectivity index (χ2v) is 5.81. The summed E-state index contributed by atoms with van der Waals surface area (Å²) in [6, 6.07) is 4.30. The van der Waals surface area contributed by atoms with Crippen molar-refractivity contribution in [2.75, 3.05) is 11.1 Å². The van der Waals surface area contributed by atoms with Crippen LogP contribution in [0.15, 0.2) is 12.1 Å². The number of nitrogens with one attached hydrogen (secondary N) is 1. The summed E-state index contributed by atoms with van der Waals surface area (Å²) in [6.45, 7) is 4.32. The first kappa shape index (κ1) is 13.5. The number of nitrogen functional groups attached to an aromatic ring is 1. The molecule has 3 N–H and O–H groups in total. The molecule has 1 fully saturated rings. The van der Waals surface area contributed by atoms with Crippen LogP contribution in [0.4, 0.5) is 11.4 Å². The minimum Gasteiger partial charge on any atom is -0.397 e. The minimum absolute atomic E-state index is 0.548. The highest BCUT2D eigenvalue weighted by Crippen LogP contribution is 2.33. The van der Waals surface area contributed by atoms with Gasteiger partial charge in [-0.25, -0.2) is 0 Å². The Bertz CT molecular complexity index is 409. The maximum atomic E-state index is 6.15. The lowest BCUT2D eigenvalue weighted by Crippen LogP contribution is -2.26. The molecule has 0 aliphatic heterocycles. The predicted molar refractivity (Wildman–Crippen MR) is 80.3 cm³/mol. The Morgan fingerprint density at radius 2 is 1.94 bits per heavy atom. The number of anilines is 2. The number of halogens is 1. The second kappa shape index (κ2) is 5.83. The van der Waals surface area contributed by atoms with Gasteiger partial charge in [-0.15, -0.1) is 0 Å². The number of benzene rings is 1. The maximum absolute atomic E-state index is 6.15. The van der Waals surface area contributed by atoms with E-state index in [4.69, 9.17) is 17.3 Å². The molecular formula is C15H23ClN2. The molecule has 0 unspecified atom stereocenters. The molecule has 1 saturated carbocycles. The molecule has 0 saturated heterocycles. The van der Waals surface area contributed by atoms with E-state index in [1.54, 1.807) is 0 Å². The van der Waals surface area contributed by atoms with E-state index < -0.39 is 0 Å². The molecule has 1 aliphatic rings. The van der Waals surface area contributed by atoms with Crippen LogP contribution < -0.4 is 11.1 Å². The average Bonchev–Trinajstić information content (AvgIpc) is 2.40. The predicted octanol–water partition coefficient (Wildman–Crippen LogP) is 4.61. The van der Waals surface area contributed by atoms with E-state index in [9.17, 15) is 0 Å². The fraction of sp³-hybridized carbons (Fsp3) is 0.600. The molecule has 3 heteroatoms. The zero-order valence-corrected chi connectivity index (χ0v) is 12.1. The molecule has 0 heterocycles. The molecule has 1 aliphatic carbocycles. The van der Waals surface area contributed by atoms with Crippen molar-refractivity contribution in [1.82, 2.24) is 0 Å². The number of rotatable bonds is 3. The molecule has 2 rings (SSSR count). The first-order valence-electron chi connectivity index (χ1n) is 6.93. The quantitative estimate of drug-likeness (QED) is 0.784. The molecule has 0 aromatic heterocycles. The largest absolute Gasteiger partial charge is 0.397 e. The van der Waals surface area contributed by atoms with Crippen molar-refractivity contribution in [2.45, 2.75) is 52.0 Å². The van der Waals surface area contributed by atoms with Crippen molar-refractivity contribution in [2.24, 2.45) is 5.92 Å². The van der Waals surface area contributed by atoms with Gasteiger partial charge in [0.25, 0.3) is 0 Å². The van der Waals surface area contributed by atoms with Crippen LogP contribution in [0, 0.1) is 12.8 Å². The Morgan fingerprint density at radius 1 is 1.28 bits per heavy atom. The summed E-state index contributed by atoms with van der Waals surface area (Å²) in [5, 5.41) is 4.38. The fourth-order valence-corrected chi connectivity index (χ4v) is 2.98. The van der Waals surface area contributed by atoms with Gasteiger partial charge < -0.3 is 11.1 Å². The standard InChI is InChI=1S/C15H23ClN2/c1-3-11-4-6-12(7-5-11)18-15-10(2)13(16)8-9-14(15)17/h8-9,11-12,18H,3-7,17H2,1-2H3. The van der Waals surface area contributed by atoms with E-state index in [2.05, 4.69) is 12.2 Å². The third-order valence-corrected chi connectivity index (χ3v) is 4.61. The Kier molecular flexibility index (Phi) is 4.39. The first-order valence-corrected chi connectivity index (χ1v) is 7.30. The zero-order valence-electron chi connectivity index (χ0n) is 11.3. The fourth-order valence-electron chi connectivity index (χ4n) is 2.82. The van der Waals surface area contributed by atoms with Gasteiger partial charge in [0.05, 0.1) is 11.4 Å². The van der Waals surface area contributed by atoms with Gasteiger partial charge in [-0.05, 0) is 56.2 Å². The lowest BCUT2D eigenvalue weighted by molar-refractivity contribution is 0.330. The van der Waals surface area contributed by atoms with Crippen molar-refractivity contribution >= 4 is 23.0 Å². The van der Waals surface area contributed by atoms with E-state index in [1.165, 1.54) is 32.1 Å². The summed E-state index contributed by atoms with van der Waals surface area (Å²) >= 11 is 6.15. The lowest BCUT2D eigenvalue weighted by Gasteiger charge is -2.30. The summed E-state index contributed by atoms with van der Waals surface area (Å²) in [7, 11) is 0. The van der Waals surface area contributed by atoms with Crippen molar-refractivity contribution in [3.05, 3.63) is 22.7 Å². The number of hydrogen-bond donors (Lipinski definition) is 2. The summed E-state index contributed by atoms with van der Waals surface area (Å²) in [5.41, 5.74) is 8.93. The second-order valence-electron chi connectivity index (χ2n) is 5.41. The van der Waals surface area contributed by atoms with Crippen molar-refractivity contribution in [1.29, 1.82) is 0 Å². The van der Waals surface area contributed by atoms with Gasteiger partial charge in [-0.3, -0.25) is 0 Å². The Hall–Kier alpha value is -0.890. The first-order chi connectivity index (χ1) is 8.61. The topological polar surface area (TPSA) is 38.0 Å². The van der Waals surface area contributed by atoms with Gasteiger partial charge in [-0.1, -0.05) is 24.9 Å². The highest BCUT2D eigenvalue weighted by molar-refractivity contribution is 6.31. The van der Waals surface area contributed by atoms with E-state index in [0.717, 1.165) is 27.9 Å². The van der Waals surface area contributed by atoms with Crippen LogP contribution in [0.1, 0.15) is 44.6 Å². The van der Waals surface area contributed by atoms with Crippen LogP contribution in [-0.2, 0) is 0 Å². The molecule has 18 heavy (non-hydrogen) atoms. The Balaban J connectivity index is 2.04. The monoisotopic (exact) mass is 266 g/mol. The van der Waals surface area contributed by atoms with E-state index in [0.29, 0.717) is 6.04 Å². The van der Waals surface area contributed by atoms with Crippen LogP contribution in [0.5, 0.6) is 0 Å². The molecule has 0 radical (unpaired) electrons. The van der Waals surface area contributed by atoms with E-state index in [-0.39, 0.29) is 0 Å². The van der Waals surface area contributed by atoms with Gasteiger partial charge in [-0.2, -0.15) is 0 Å². The van der Waals surface area contributed by atoms with Crippen LogP contribution in [0.25, 0.3) is 0 Å². The number of hydrogen-bond acceptors (Lipinski definition) is 2. The van der Waals surface area contributed by atoms with Crippen molar-refractivity contribution < 1.29 is 0 Å². The SMILES string of the molecule is CCC1CCC(Nc2c(N)ccc(Cl)c2C)CC1. The van der Waals surface area contributed by atoms with E-state index >= 15 is 0 Å². The maximum Gasteiger partial charge on any atom is 0.0620 e. The Morgan fingerprint density at radius 3 is 2.56 bits per heavy atom. The molecule has 1 aromatic carbocycles. The third-order valence-electron chi connectivity index (χ3n) is 4.20. The normalized spacial score (nSPS) is 23.9. The van der Waals surface area contributed by atoms with Gasteiger partial charge in [0, 0.05) is 11.1 Å². The molecule has 0 amide bonds. The summed E-state index contributed by atoms with van der Waals surface area (Å²) in [5.74, 6) is 0.917. The summed E-state index contributed by atoms with van der Waals surface area (Å²) < 4.78 is 0. The van der Waals surface area contributed by atoms with Crippen molar-refractivity contribution in [3.63, 3.8) is 0 Å². The van der Waals surface area contributed by atoms with Gasteiger partial charge in [0.2, 0.25) is 0 Å². The van der Waals surface area contributed by atoms with Crippen LogP contribution in [-0.4, -0.2) is 6.04 Å². The molecule has 100 valence electrons. The average molecular weight is 267 g/mol.